The molecule has 81 heavy (non-hydrogen) atoms. The fourth-order valence-electron chi connectivity index (χ4n) is 9.87. The molecule has 0 aliphatic carbocycles. The average Bonchev–Trinajstić information content (AvgIpc) is 3.47. The predicted molar refractivity (Wildman–Crippen MR) is 353 cm³/mol. The van der Waals surface area contributed by atoms with Gasteiger partial charge in [0.25, 0.3) is 0 Å². The third kappa shape index (κ3) is 67.0. The summed E-state index contributed by atoms with van der Waals surface area (Å²) >= 11 is 0. The van der Waals surface area contributed by atoms with Crippen molar-refractivity contribution < 1.29 is 28.6 Å². The highest BCUT2D eigenvalue weighted by atomic mass is 16.6. The highest BCUT2D eigenvalue weighted by molar-refractivity contribution is 5.71. The van der Waals surface area contributed by atoms with E-state index in [9.17, 15) is 14.4 Å². The van der Waals surface area contributed by atoms with Crippen molar-refractivity contribution in [2.75, 3.05) is 13.2 Å². The summed E-state index contributed by atoms with van der Waals surface area (Å²) in [5, 5.41) is 0. The molecule has 1 atom stereocenters. The number of hydrogen-bond acceptors (Lipinski definition) is 6. The summed E-state index contributed by atoms with van der Waals surface area (Å²) in [6.45, 7) is 6.50. The summed E-state index contributed by atoms with van der Waals surface area (Å²) in [6.07, 6.45) is 93.0. The molecule has 0 aromatic heterocycles. The van der Waals surface area contributed by atoms with Crippen molar-refractivity contribution in [1.29, 1.82) is 0 Å². The Morgan fingerprint density at radius 2 is 0.506 bits per heavy atom. The van der Waals surface area contributed by atoms with E-state index in [0.717, 1.165) is 77.0 Å². The molecule has 0 aromatic carbocycles. The summed E-state index contributed by atoms with van der Waals surface area (Å²) in [6, 6.07) is 0. The Morgan fingerprint density at radius 3 is 0.802 bits per heavy atom. The van der Waals surface area contributed by atoms with Crippen molar-refractivity contribution in [3.8, 4) is 0 Å². The molecule has 0 aliphatic heterocycles. The number of carbonyl (C=O) groups excluding carboxylic acids is 3. The maximum atomic E-state index is 12.9. The van der Waals surface area contributed by atoms with Crippen LogP contribution in [0.4, 0.5) is 0 Å². The van der Waals surface area contributed by atoms with Crippen LogP contribution in [0.3, 0.4) is 0 Å². The molecule has 1 unspecified atom stereocenters. The topological polar surface area (TPSA) is 78.9 Å². The van der Waals surface area contributed by atoms with Gasteiger partial charge in [0.1, 0.15) is 13.2 Å². The second kappa shape index (κ2) is 68.8. The van der Waals surface area contributed by atoms with Crippen molar-refractivity contribution in [2.45, 2.75) is 348 Å². The Labute approximate surface area is 502 Å². The van der Waals surface area contributed by atoms with E-state index < -0.39 is 6.10 Å². The van der Waals surface area contributed by atoms with E-state index >= 15 is 0 Å². The molecule has 0 radical (unpaired) electrons. The fraction of sp³-hybridized carbons (Fsp3) is 0.747. The van der Waals surface area contributed by atoms with E-state index in [1.54, 1.807) is 0 Å². The molecule has 0 heterocycles. The van der Waals surface area contributed by atoms with Gasteiger partial charge in [0, 0.05) is 19.3 Å². The summed E-state index contributed by atoms with van der Waals surface area (Å²) in [5.74, 6) is -0.983. The molecular weight excluding hydrogens is 997 g/mol. The maximum Gasteiger partial charge on any atom is 0.306 e. The minimum atomic E-state index is -0.822. The van der Waals surface area contributed by atoms with Gasteiger partial charge in [-0.05, 0) is 109 Å². The van der Waals surface area contributed by atoms with E-state index in [-0.39, 0.29) is 37.5 Å². The Balaban J connectivity index is 4.38. The molecule has 0 N–H and O–H groups in total. The van der Waals surface area contributed by atoms with Gasteiger partial charge in [0.15, 0.2) is 6.10 Å². The number of rotatable bonds is 63. The lowest BCUT2D eigenvalue weighted by atomic mass is 10.0. The van der Waals surface area contributed by atoms with E-state index in [1.165, 1.54) is 218 Å². The number of allylic oxidation sites excluding steroid dienone is 16. The first-order valence-corrected chi connectivity index (χ1v) is 34.7. The standard InChI is InChI=1S/C75H130O6/c1-4-7-10-13-16-19-22-25-28-31-33-34-35-36-37-38-39-40-42-44-47-50-53-56-59-62-65-68-74(77)80-71-72(70-79-73(76)67-64-61-58-55-52-49-46-43-30-27-24-21-18-15-12-9-6-3)81-75(78)69-66-63-60-57-54-51-48-45-41-32-29-26-23-20-17-14-11-8-5-2/h8,11,17,20,26-27,29-31,33,41,45,51,54,60,63,72H,4-7,9-10,12-16,18-19,21-25,28,32,34-40,42-44,46-50,52-53,55-59,61-62,64-71H2,1-3H3/b11-8-,20-17-,29-26-,30-27-,33-31-,45-41-,54-51-,63-60-. The molecule has 466 valence electrons. The molecule has 0 aliphatic rings. The zero-order valence-electron chi connectivity index (χ0n) is 53.5. The van der Waals surface area contributed by atoms with E-state index in [4.69, 9.17) is 14.2 Å². The first kappa shape index (κ1) is 77.3. The number of ether oxygens (including phenoxy) is 3. The van der Waals surface area contributed by atoms with E-state index in [0.29, 0.717) is 19.3 Å². The van der Waals surface area contributed by atoms with Crippen LogP contribution in [0.1, 0.15) is 342 Å². The summed E-state index contributed by atoms with van der Waals surface area (Å²) in [7, 11) is 0. The van der Waals surface area contributed by atoms with E-state index in [1.807, 2.05) is 6.08 Å². The lowest BCUT2D eigenvalue weighted by Crippen LogP contribution is -2.30. The molecule has 0 rings (SSSR count). The van der Waals surface area contributed by atoms with Gasteiger partial charge in [-0.2, -0.15) is 0 Å². The van der Waals surface area contributed by atoms with Gasteiger partial charge in [-0.3, -0.25) is 14.4 Å². The van der Waals surface area contributed by atoms with Gasteiger partial charge in [0.2, 0.25) is 0 Å². The predicted octanol–water partition coefficient (Wildman–Crippen LogP) is 24.0. The zero-order valence-corrected chi connectivity index (χ0v) is 53.5. The number of carbonyl (C=O) groups is 3. The first-order valence-electron chi connectivity index (χ1n) is 34.7. The van der Waals surface area contributed by atoms with Crippen molar-refractivity contribution in [2.24, 2.45) is 0 Å². The minimum absolute atomic E-state index is 0.107. The van der Waals surface area contributed by atoms with Gasteiger partial charge >= 0.3 is 17.9 Å². The van der Waals surface area contributed by atoms with Gasteiger partial charge in [0.05, 0.1) is 0 Å². The molecule has 0 fully saturated rings. The molecular formula is C75H130O6. The first-order chi connectivity index (χ1) is 40.0. The molecule has 0 saturated carbocycles. The Morgan fingerprint density at radius 1 is 0.259 bits per heavy atom. The van der Waals surface area contributed by atoms with Crippen molar-refractivity contribution in [3.63, 3.8) is 0 Å². The minimum Gasteiger partial charge on any atom is -0.462 e. The Bertz CT molecular complexity index is 1580. The summed E-state index contributed by atoms with van der Waals surface area (Å²) in [4.78, 5) is 38.4. The monoisotopic (exact) mass is 1130 g/mol. The highest BCUT2D eigenvalue weighted by Crippen LogP contribution is 2.17. The normalized spacial score (nSPS) is 12.7. The van der Waals surface area contributed by atoms with Crippen LogP contribution in [-0.4, -0.2) is 37.2 Å². The van der Waals surface area contributed by atoms with Gasteiger partial charge in [-0.1, -0.05) is 311 Å². The highest BCUT2D eigenvalue weighted by Gasteiger charge is 2.19. The van der Waals surface area contributed by atoms with Crippen LogP contribution in [0, 0.1) is 0 Å². The van der Waals surface area contributed by atoms with Crippen LogP contribution in [0.5, 0.6) is 0 Å². The van der Waals surface area contributed by atoms with Gasteiger partial charge in [-0.25, -0.2) is 0 Å². The molecule has 0 aromatic rings. The van der Waals surface area contributed by atoms with Crippen LogP contribution < -0.4 is 0 Å². The average molecular weight is 1130 g/mol. The number of unbranched alkanes of at least 4 members (excludes halogenated alkanes) is 36. The molecule has 0 saturated heterocycles. The van der Waals surface area contributed by atoms with Crippen LogP contribution in [0.25, 0.3) is 0 Å². The lowest BCUT2D eigenvalue weighted by molar-refractivity contribution is -0.166. The lowest BCUT2D eigenvalue weighted by Gasteiger charge is -2.18. The van der Waals surface area contributed by atoms with Gasteiger partial charge in [-0.15, -0.1) is 0 Å². The quantitative estimate of drug-likeness (QED) is 0.0261. The molecule has 6 nitrogen and oxygen atoms in total. The maximum absolute atomic E-state index is 12.9. The van der Waals surface area contributed by atoms with E-state index in [2.05, 4.69) is 112 Å². The smallest absolute Gasteiger partial charge is 0.306 e. The summed E-state index contributed by atoms with van der Waals surface area (Å²) in [5.41, 5.74) is 0. The Kier molecular flexibility index (Phi) is 65.7. The second-order valence-corrected chi connectivity index (χ2v) is 23.1. The molecule has 6 heteroatoms. The third-order valence-corrected chi connectivity index (χ3v) is 15.1. The molecule has 0 spiro atoms. The van der Waals surface area contributed by atoms with Gasteiger partial charge < -0.3 is 14.2 Å². The van der Waals surface area contributed by atoms with Crippen LogP contribution >= 0.6 is 0 Å². The molecule has 0 amide bonds. The van der Waals surface area contributed by atoms with Crippen LogP contribution in [0.15, 0.2) is 97.2 Å². The fourth-order valence-corrected chi connectivity index (χ4v) is 9.87. The number of hydrogen-bond donors (Lipinski definition) is 0. The summed E-state index contributed by atoms with van der Waals surface area (Å²) < 4.78 is 16.9. The number of esters is 3. The van der Waals surface area contributed by atoms with Crippen molar-refractivity contribution in [1.82, 2.24) is 0 Å². The SMILES string of the molecule is CC/C=C\C/C=C\C/C=C\C/C=C\C/C=C\C/C=C\CCC(=O)OC(COC(=O)CCCCCCCCC/C=C\CCCCCCCC)COC(=O)CCCCCCCCCCCCCCCCC/C=C\CCCCCCCCCC. The van der Waals surface area contributed by atoms with Crippen molar-refractivity contribution >= 4 is 17.9 Å². The second-order valence-electron chi connectivity index (χ2n) is 23.1. The largest absolute Gasteiger partial charge is 0.462 e. The van der Waals surface area contributed by atoms with Crippen LogP contribution in [-0.2, 0) is 28.6 Å². The zero-order chi connectivity index (χ0) is 58.5. The van der Waals surface area contributed by atoms with Crippen molar-refractivity contribution in [3.05, 3.63) is 97.2 Å². The molecule has 0 bridgehead atoms. The van der Waals surface area contributed by atoms with Crippen LogP contribution in [0.2, 0.25) is 0 Å². The Hall–Kier alpha value is -3.67. The third-order valence-electron chi connectivity index (χ3n) is 15.1.